The van der Waals surface area contributed by atoms with E-state index in [2.05, 4.69) is 27.5 Å². The van der Waals surface area contributed by atoms with Crippen LogP contribution in [0.4, 0.5) is 5.69 Å². The summed E-state index contributed by atoms with van der Waals surface area (Å²) in [4.78, 5) is 21.3. The standard InChI is InChI=1S/C19H21N5O/c1-13-10-14(8-9-20-13)19(25)23-15-6-7-18(21-11-15)24-12-22-16-4-2-3-5-17(16)24/h2-7,11-14,20H,8-10H2,1H3,(H,23,25)/t13-,14-/m0/s1. The maximum atomic E-state index is 12.4. The lowest BCUT2D eigenvalue weighted by Gasteiger charge is -2.27. The number of rotatable bonds is 3. The molecule has 2 atom stereocenters. The Hall–Kier alpha value is -2.73. The number of hydrogen-bond acceptors (Lipinski definition) is 4. The molecule has 1 aromatic carbocycles. The van der Waals surface area contributed by atoms with Crippen LogP contribution in [0.2, 0.25) is 0 Å². The largest absolute Gasteiger partial charge is 0.324 e. The molecule has 128 valence electrons. The summed E-state index contributed by atoms with van der Waals surface area (Å²) in [5, 5.41) is 6.36. The zero-order valence-electron chi connectivity index (χ0n) is 14.1. The van der Waals surface area contributed by atoms with Gasteiger partial charge in [-0.1, -0.05) is 12.1 Å². The normalized spacial score (nSPS) is 20.5. The Morgan fingerprint density at radius 3 is 2.92 bits per heavy atom. The predicted octanol–water partition coefficient (Wildman–Crippen LogP) is 2.75. The van der Waals surface area contributed by atoms with E-state index in [0.29, 0.717) is 6.04 Å². The van der Waals surface area contributed by atoms with Crippen LogP contribution in [0.15, 0.2) is 48.9 Å². The van der Waals surface area contributed by atoms with Crippen molar-refractivity contribution in [1.82, 2.24) is 19.9 Å². The number of imidazole rings is 1. The molecule has 0 aliphatic carbocycles. The Kier molecular flexibility index (Phi) is 4.19. The lowest BCUT2D eigenvalue weighted by Crippen LogP contribution is -2.40. The number of anilines is 1. The van der Waals surface area contributed by atoms with Gasteiger partial charge in [0.15, 0.2) is 0 Å². The van der Waals surface area contributed by atoms with Crippen LogP contribution in [0.5, 0.6) is 0 Å². The van der Waals surface area contributed by atoms with Gasteiger partial charge in [0.05, 0.1) is 22.9 Å². The predicted molar refractivity (Wildman–Crippen MR) is 97.7 cm³/mol. The number of aromatic nitrogens is 3. The molecule has 1 amide bonds. The Bertz CT molecular complexity index is 886. The number of hydrogen-bond donors (Lipinski definition) is 2. The van der Waals surface area contributed by atoms with E-state index in [0.717, 1.165) is 41.9 Å². The van der Waals surface area contributed by atoms with Crippen LogP contribution in [-0.2, 0) is 4.79 Å². The minimum absolute atomic E-state index is 0.0634. The second kappa shape index (κ2) is 6.64. The van der Waals surface area contributed by atoms with Crippen molar-refractivity contribution >= 4 is 22.6 Å². The first kappa shape index (κ1) is 15.8. The number of piperidine rings is 1. The van der Waals surface area contributed by atoms with Gasteiger partial charge in [-0.15, -0.1) is 0 Å². The van der Waals surface area contributed by atoms with Crippen LogP contribution in [0.1, 0.15) is 19.8 Å². The van der Waals surface area contributed by atoms with Crippen LogP contribution in [-0.4, -0.2) is 33.0 Å². The molecular formula is C19H21N5O. The van der Waals surface area contributed by atoms with E-state index in [-0.39, 0.29) is 11.8 Å². The summed E-state index contributed by atoms with van der Waals surface area (Å²) in [6.07, 6.45) is 5.22. The molecule has 6 nitrogen and oxygen atoms in total. The molecule has 2 N–H and O–H groups in total. The molecule has 25 heavy (non-hydrogen) atoms. The minimum atomic E-state index is 0.0634. The van der Waals surface area contributed by atoms with Gasteiger partial charge >= 0.3 is 0 Å². The van der Waals surface area contributed by atoms with Gasteiger partial charge in [0.2, 0.25) is 5.91 Å². The lowest BCUT2D eigenvalue weighted by atomic mass is 9.92. The summed E-state index contributed by atoms with van der Waals surface area (Å²) in [7, 11) is 0. The van der Waals surface area contributed by atoms with Crippen LogP contribution in [0.3, 0.4) is 0 Å². The molecule has 0 saturated carbocycles. The van der Waals surface area contributed by atoms with Crippen LogP contribution in [0.25, 0.3) is 16.9 Å². The number of para-hydroxylation sites is 2. The smallest absolute Gasteiger partial charge is 0.227 e. The zero-order valence-corrected chi connectivity index (χ0v) is 14.1. The van der Waals surface area contributed by atoms with Gasteiger partial charge in [-0.2, -0.15) is 0 Å². The van der Waals surface area contributed by atoms with Crippen LogP contribution < -0.4 is 10.6 Å². The molecule has 0 unspecified atom stereocenters. The third-order valence-corrected chi connectivity index (χ3v) is 4.71. The molecule has 0 bridgehead atoms. The molecule has 0 spiro atoms. The molecule has 3 aromatic rings. The highest BCUT2D eigenvalue weighted by atomic mass is 16.1. The molecule has 1 aliphatic rings. The first-order valence-electron chi connectivity index (χ1n) is 8.63. The Morgan fingerprint density at radius 1 is 1.24 bits per heavy atom. The quantitative estimate of drug-likeness (QED) is 0.772. The Balaban J connectivity index is 1.49. The van der Waals surface area contributed by atoms with E-state index in [1.165, 1.54) is 0 Å². The van der Waals surface area contributed by atoms with E-state index in [4.69, 9.17) is 0 Å². The fourth-order valence-electron chi connectivity index (χ4n) is 3.36. The summed E-state index contributed by atoms with van der Waals surface area (Å²) < 4.78 is 1.94. The topological polar surface area (TPSA) is 71.8 Å². The van der Waals surface area contributed by atoms with E-state index >= 15 is 0 Å². The number of carbonyl (C=O) groups is 1. The highest BCUT2D eigenvalue weighted by Crippen LogP contribution is 2.20. The fraction of sp³-hybridized carbons (Fsp3) is 0.316. The molecule has 0 radical (unpaired) electrons. The first-order chi connectivity index (χ1) is 12.2. The minimum Gasteiger partial charge on any atom is -0.324 e. The van der Waals surface area contributed by atoms with Crippen LogP contribution >= 0.6 is 0 Å². The van der Waals surface area contributed by atoms with E-state index in [1.54, 1.807) is 12.5 Å². The second-order valence-corrected chi connectivity index (χ2v) is 6.57. The van der Waals surface area contributed by atoms with Gasteiger partial charge in [-0.3, -0.25) is 9.36 Å². The molecule has 1 fully saturated rings. The molecule has 2 aromatic heterocycles. The van der Waals surface area contributed by atoms with Gasteiger partial charge in [0, 0.05) is 12.0 Å². The molecule has 1 aliphatic heterocycles. The van der Waals surface area contributed by atoms with E-state index < -0.39 is 0 Å². The fourth-order valence-corrected chi connectivity index (χ4v) is 3.36. The number of amides is 1. The maximum Gasteiger partial charge on any atom is 0.227 e. The number of carbonyl (C=O) groups excluding carboxylic acids is 1. The van der Waals surface area contributed by atoms with Gasteiger partial charge in [-0.05, 0) is 50.6 Å². The van der Waals surface area contributed by atoms with Crippen molar-refractivity contribution < 1.29 is 4.79 Å². The third-order valence-electron chi connectivity index (χ3n) is 4.71. The average molecular weight is 335 g/mol. The Morgan fingerprint density at radius 2 is 2.12 bits per heavy atom. The highest BCUT2D eigenvalue weighted by molar-refractivity contribution is 5.92. The molecule has 1 saturated heterocycles. The molecule has 6 heteroatoms. The highest BCUT2D eigenvalue weighted by Gasteiger charge is 2.24. The molecular weight excluding hydrogens is 314 g/mol. The summed E-state index contributed by atoms with van der Waals surface area (Å²) in [5.41, 5.74) is 2.67. The van der Waals surface area contributed by atoms with E-state index in [9.17, 15) is 4.79 Å². The van der Waals surface area contributed by atoms with Crippen molar-refractivity contribution in [3.63, 3.8) is 0 Å². The average Bonchev–Trinajstić information content (AvgIpc) is 3.06. The summed E-state index contributed by atoms with van der Waals surface area (Å²) in [5.74, 6) is 0.923. The second-order valence-electron chi connectivity index (χ2n) is 6.57. The molecule has 4 rings (SSSR count). The number of fused-ring (bicyclic) bond motifs is 1. The SMILES string of the molecule is C[C@H]1C[C@@H](C(=O)Nc2ccc(-n3cnc4ccccc43)nc2)CCN1. The van der Waals surface area contributed by atoms with Gasteiger partial charge in [-0.25, -0.2) is 9.97 Å². The van der Waals surface area contributed by atoms with Gasteiger partial charge < -0.3 is 10.6 Å². The monoisotopic (exact) mass is 335 g/mol. The van der Waals surface area contributed by atoms with Crippen molar-refractivity contribution in [3.8, 4) is 5.82 Å². The maximum absolute atomic E-state index is 12.4. The van der Waals surface area contributed by atoms with Crippen molar-refractivity contribution in [3.05, 3.63) is 48.9 Å². The molecule has 3 heterocycles. The van der Waals surface area contributed by atoms with Crippen LogP contribution in [0, 0.1) is 5.92 Å². The number of benzene rings is 1. The van der Waals surface area contributed by atoms with Crippen molar-refractivity contribution in [1.29, 1.82) is 0 Å². The van der Waals surface area contributed by atoms with E-state index in [1.807, 2.05) is 41.0 Å². The number of pyridine rings is 1. The van der Waals surface area contributed by atoms with Gasteiger partial charge in [0.1, 0.15) is 12.1 Å². The number of nitrogens with zero attached hydrogens (tertiary/aromatic N) is 3. The summed E-state index contributed by atoms with van der Waals surface area (Å²) in [6.45, 7) is 3.01. The first-order valence-corrected chi connectivity index (χ1v) is 8.63. The van der Waals surface area contributed by atoms with Crippen molar-refractivity contribution in [2.24, 2.45) is 5.92 Å². The van der Waals surface area contributed by atoms with Crippen molar-refractivity contribution in [2.45, 2.75) is 25.8 Å². The van der Waals surface area contributed by atoms with Gasteiger partial charge in [0.25, 0.3) is 0 Å². The summed E-state index contributed by atoms with van der Waals surface area (Å²) >= 11 is 0. The number of nitrogens with one attached hydrogen (secondary N) is 2. The zero-order chi connectivity index (χ0) is 17.2. The van der Waals surface area contributed by atoms with Crippen molar-refractivity contribution in [2.75, 3.05) is 11.9 Å². The summed E-state index contributed by atoms with van der Waals surface area (Å²) in [6, 6.07) is 12.1. The third kappa shape index (κ3) is 3.25. The lowest BCUT2D eigenvalue weighted by molar-refractivity contribution is -0.120. The Labute approximate surface area is 146 Å².